The summed E-state index contributed by atoms with van der Waals surface area (Å²) < 4.78 is 31.0. The minimum absolute atomic E-state index is 0.0115. The van der Waals surface area contributed by atoms with Crippen LogP contribution in [0.2, 0.25) is 0 Å². The molecule has 0 heterocycles. The Morgan fingerprint density at radius 3 is 2.53 bits per heavy atom. The van der Waals surface area contributed by atoms with Gasteiger partial charge in [-0.05, 0) is 35.0 Å². The molecule has 0 aliphatic heterocycles. The standard InChI is InChI=1S/C10H9BrF2O2/c1-5(10(14)15-2)6-3-9(13)7(11)4-8(6)12/h3-5H,1-2H3. The number of ether oxygens (including phenoxy) is 1. The summed E-state index contributed by atoms with van der Waals surface area (Å²) in [5.41, 5.74) is -0.0115. The van der Waals surface area contributed by atoms with Crippen LogP contribution in [0.1, 0.15) is 18.4 Å². The van der Waals surface area contributed by atoms with E-state index in [9.17, 15) is 13.6 Å². The van der Waals surface area contributed by atoms with Crippen LogP contribution < -0.4 is 0 Å². The average Bonchev–Trinajstić information content (AvgIpc) is 2.21. The van der Waals surface area contributed by atoms with E-state index in [-0.39, 0.29) is 10.0 Å². The van der Waals surface area contributed by atoms with Crippen LogP contribution in [0.15, 0.2) is 16.6 Å². The maximum absolute atomic E-state index is 13.4. The first kappa shape index (κ1) is 12.1. The zero-order chi connectivity index (χ0) is 11.6. The highest BCUT2D eigenvalue weighted by molar-refractivity contribution is 9.10. The van der Waals surface area contributed by atoms with Crippen molar-refractivity contribution in [2.24, 2.45) is 0 Å². The Labute approximate surface area is 94.4 Å². The first-order chi connectivity index (χ1) is 6.97. The Kier molecular flexibility index (Phi) is 3.79. The molecule has 2 nitrogen and oxygen atoms in total. The molecule has 0 N–H and O–H groups in total. The Morgan fingerprint density at radius 1 is 1.40 bits per heavy atom. The Bertz CT molecular complexity index is 393. The number of hydrogen-bond donors (Lipinski definition) is 0. The molecule has 0 aromatic heterocycles. The van der Waals surface area contributed by atoms with Crippen molar-refractivity contribution in [1.29, 1.82) is 0 Å². The van der Waals surface area contributed by atoms with Gasteiger partial charge in [-0.25, -0.2) is 8.78 Å². The molecule has 0 fully saturated rings. The summed E-state index contributed by atoms with van der Waals surface area (Å²) in [5.74, 6) is -2.67. The van der Waals surface area contributed by atoms with Crippen LogP contribution in [-0.4, -0.2) is 13.1 Å². The molecule has 0 saturated carbocycles. The fourth-order valence-electron chi connectivity index (χ4n) is 1.17. The molecule has 1 aromatic carbocycles. The van der Waals surface area contributed by atoms with E-state index in [1.807, 2.05) is 0 Å². The molecule has 1 atom stereocenters. The van der Waals surface area contributed by atoms with E-state index in [1.54, 1.807) is 0 Å². The fraction of sp³-hybridized carbons (Fsp3) is 0.300. The highest BCUT2D eigenvalue weighted by atomic mass is 79.9. The molecule has 1 aromatic rings. The van der Waals surface area contributed by atoms with Gasteiger partial charge >= 0.3 is 5.97 Å². The number of carbonyl (C=O) groups is 1. The number of rotatable bonds is 2. The number of esters is 1. The molecule has 0 aliphatic rings. The van der Waals surface area contributed by atoms with Crippen molar-refractivity contribution in [2.45, 2.75) is 12.8 Å². The predicted molar refractivity (Wildman–Crippen MR) is 54.5 cm³/mol. The largest absolute Gasteiger partial charge is 0.469 e. The molecule has 1 unspecified atom stereocenters. The number of hydrogen-bond acceptors (Lipinski definition) is 2. The van der Waals surface area contributed by atoms with Crippen molar-refractivity contribution in [3.8, 4) is 0 Å². The van der Waals surface area contributed by atoms with E-state index in [2.05, 4.69) is 20.7 Å². The second-order valence-electron chi connectivity index (χ2n) is 3.03. The van der Waals surface area contributed by atoms with Gasteiger partial charge in [-0.3, -0.25) is 4.79 Å². The monoisotopic (exact) mass is 278 g/mol. The van der Waals surface area contributed by atoms with Gasteiger partial charge < -0.3 is 4.74 Å². The lowest BCUT2D eigenvalue weighted by atomic mass is 10.0. The molecule has 5 heteroatoms. The molecule has 0 amide bonds. The van der Waals surface area contributed by atoms with Crippen LogP contribution in [0.4, 0.5) is 8.78 Å². The van der Waals surface area contributed by atoms with Gasteiger partial charge in [0, 0.05) is 5.56 Å². The van der Waals surface area contributed by atoms with Crippen LogP contribution in [0.25, 0.3) is 0 Å². The first-order valence-electron chi connectivity index (χ1n) is 4.19. The summed E-state index contributed by atoms with van der Waals surface area (Å²) in [5, 5.41) is 0. The van der Waals surface area contributed by atoms with E-state index in [0.29, 0.717) is 0 Å². The highest BCUT2D eigenvalue weighted by Crippen LogP contribution is 2.25. The van der Waals surface area contributed by atoms with Crippen LogP contribution >= 0.6 is 15.9 Å². The van der Waals surface area contributed by atoms with Gasteiger partial charge in [0.25, 0.3) is 0 Å². The second-order valence-corrected chi connectivity index (χ2v) is 3.89. The van der Waals surface area contributed by atoms with Crippen LogP contribution in [0, 0.1) is 11.6 Å². The first-order valence-corrected chi connectivity index (χ1v) is 4.99. The number of benzene rings is 1. The number of halogens is 3. The topological polar surface area (TPSA) is 26.3 Å². The molecule has 0 spiro atoms. The molecular weight excluding hydrogens is 270 g/mol. The minimum atomic E-state index is -0.822. The van der Waals surface area contributed by atoms with Gasteiger partial charge in [0.2, 0.25) is 0 Å². The average molecular weight is 279 g/mol. The smallest absolute Gasteiger partial charge is 0.312 e. The zero-order valence-electron chi connectivity index (χ0n) is 8.18. The third-order valence-electron chi connectivity index (χ3n) is 2.06. The number of methoxy groups -OCH3 is 1. The van der Waals surface area contributed by atoms with Gasteiger partial charge in [0.15, 0.2) is 0 Å². The summed E-state index contributed by atoms with van der Waals surface area (Å²) in [7, 11) is 1.20. The van der Waals surface area contributed by atoms with Crippen molar-refractivity contribution < 1.29 is 18.3 Å². The summed E-state index contributed by atoms with van der Waals surface area (Å²) in [6.45, 7) is 1.46. The highest BCUT2D eigenvalue weighted by Gasteiger charge is 2.21. The molecule has 82 valence electrons. The lowest BCUT2D eigenvalue weighted by Gasteiger charge is -2.11. The quantitative estimate of drug-likeness (QED) is 0.614. The molecule has 15 heavy (non-hydrogen) atoms. The van der Waals surface area contributed by atoms with E-state index in [0.717, 1.165) is 12.1 Å². The Hall–Kier alpha value is -0.970. The lowest BCUT2D eigenvalue weighted by Crippen LogP contribution is -2.12. The Balaban J connectivity index is 3.14. The molecule has 0 aliphatic carbocycles. The minimum Gasteiger partial charge on any atom is -0.469 e. The van der Waals surface area contributed by atoms with Crippen LogP contribution in [0.5, 0.6) is 0 Å². The van der Waals surface area contributed by atoms with Gasteiger partial charge in [0.1, 0.15) is 11.6 Å². The van der Waals surface area contributed by atoms with Crippen molar-refractivity contribution >= 4 is 21.9 Å². The summed E-state index contributed by atoms with van der Waals surface area (Å²) >= 11 is 2.85. The van der Waals surface area contributed by atoms with E-state index in [4.69, 9.17) is 0 Å². The van der Waals surface area contributed by atoms with E-state index < -0.39 is 23.5 Å². The molecule has 0 saturated heterocycles. The molecule has 1 rings (SSSR count). The van der Waals surface area contributed by atoms with Crippen molar-refractivity contribution in [2.75, 3.05) is 7.11 Å². The van der Waals surface area contributed by atoms with Crippen molar-refractivity contribution in [3.63, 3.8) is 0 Å². The second kappa shape index (κ2) is 4.70. The van der Waals surface area contributed by atoms with Gasteiger partial charge in [0.05, 0.1) is 17.5 Å². The van der Waals surface area contributed by atoms with Crippen molar-refractivity contribution in [1.82, 2.24) is 0 Å². The Morgan fingerprint density at radius 2 is 2.00 bits per heavy atom. The normalized spacial score (nSPS) is 12.3. The summed E-state index contributed by atoms with van der Waals surface area (Å²) in [6, 6.07) is 1.98. The van der Waals surface area contributed by atoms with Gasteiger partial charge in [-0.1, -0.05) is 0 Å². The SMILES string of the molecule is COC(=O)C(C)c1cc(F)c(Br)cc1F. The summed E-state index contributed by atoms with van der Waals surface area (Å²) in [6.07, 6.45) is 0. The van der Waals surface area contributed by atoms with Crippen molar-refractivity contribution in [3.05, 3.63) is 33.8 Å². The fourth-order valence-corrected chi connectivity index (χ4v) is 1.49. The lowest BCUT2D eigenvalue weighted by molar-refractivity contribution is -0.142. The van der Waals surface area contributed by atoms with Crippen LogP contribution in [0.3, 0.4) is 0 Å². The predicted octanol–water partition coefficient (Wildman–Crippen LogP) is 3.00. The third-order valence-corrected chi connectivity index (χ3v) is 2.67. The maximum Gasteiger partial charge on any atom is 0.312 e. The third kappa shape index (κ3) is 2.53. The molecular formula is C10H9BrF2O2. The molecule has 0 bridgehead atoms. The summed E-state index contributed by atoms with van der Waals surface area (Å²) in [4.78, 5) is 11.1. The van der Waals surface area contributed by atoms with Crippen LogP contribution in [-0.2, 0) is 9.53 Å². The van der Waals surface area contributed by atoms with E-state index in [1.165, 1.54) is 14.0 Å². The maximum atomic E-state index is 13.4. The van der Waals surface area contributed by atoms with E-state index >= 15 is 0 Å². The van der Waals surface area contributed by atoms with Gasteiger partial charge in [-0.2, -0.15) is 0 Å². The number of carbonyl (C=O) groups excluding carboxylic acids is 1. The zero-order valence-corrected chi connectivity index (χ0v) is 9.77. The van der Waals surface area contributed by atoms with Gasteiger partial charge in [-0.15, -0.1) is 0 Å². The molecule has 0 radical (unpaired) electrons.